The van der Waals surface area contributed by atoms with Gasteiger partial charge in [0.05, 0.1) is 6.42 Å². The predicted molar refractivity (Wildman–Crippen MR) is 90.8 cm³/mol. The maximum atomic E-state index is 12.1. The van der Waals surface area contributed by atoms with Crippen molar-refractivity contribution in [3.8, 4) is 0 Å². The zero-order chi connectivity index (χ0) is 17.8. The van der Waals surface area contributed by atoms with Gasteiger partial charge >= 0.3 is 5.97 Å². The summed E-state index contributed by atoms with van der Waals surface area (Å²) < 4.78 is 5.08. The highest BCUT2D eigenvalue weighted by Gasteiger charge is 2.23. The zero-order valence-corrected chi connectivity index (χ0v) is 15.4. The highest BCUT2D eigenvalue weighted by Crippen LogP contribution is 2.22. The number of hydrogen-bond acceptors (Lipinski definition) is 5. The van der Waals surface area contributed by atoms with Gasteiger partial charge in [0, 0.05) is 27.3 Å². The van der Waals surface area contributed by atoms with Gasteiger partial charge in [-0.15, -0.1) is 11.3 Å². The number of aryl methyl sites for hydroxylation is 2. The fourth-order valence-electron chi connectivity index (χ4n) is 2.04. The quantitative estimate of drug-likeness (QED) is 0.638. The van der Waals surface area contributed by atoms with Crippen LogP contribution >= 0.6 is 11.3 Å². The summed E-state index contributed by atoms with van der Waals surface area (Å²) in [6.07, 6.45) is -0.814. The van der Waals surface area contributed by atoms with E-state index < -0.39 is 12.1 Å². The number of amides is 1. The summed E-state index contributed by atoms with van der Waals surface area (Å²) in [5.74, 6) is -0.961. The van der Waals surface area contributed by atoms with E-state index in [2.05, 4.69) is 5.32 Å². The van der Waals surface area contributed by atoms with Crippen LogP contribution in [0.1, 0.15) is 60.6 Å². The van der Waals surface area contributed by atoms with Gasteiger partial charge in [-0.3, -0.25) is 14.4 Å². The van der Waals surface area contributed by atoms with Gasteiger partial charge in [-0.25, -0.2) is 0 Å². The van der Waals surface area contributed by atoms with E-state index in [1.165, 1.54) is 6.92 Å². The summed E-state index contributed by atoms with van der Waals surface area (Å²) in [6.45, 7) is 10.9. The fourth-order valence-corrected chi connectivity index (χ4v) is 2.98. The summed E-state index contributed by atoms with van der Waals surface area (Å²) in [4.78, 5) is 37.8. The molecule has 0 saturated heterocycles. The molecule has 1 amide bonds. The first-order valence-electron chi connectivity index (χ1n) is 7.61. The molecule has 1 aromatic heterocycles. The molecule has 0 saturated carbocycles. The monoisotopic (exact) mass is 339 g/mol. The standard InChI is InChI=1S/C17H25NO4S/c1-10-9-13(12(3)23-10)14(19)7-8-15(20)22-11(2)16(21)18-17(4,5)6/h9,11H,7-8H2,1-6H3,(H,18,21). The number of carbonyl (C=O) groups is 3. The lowest BCUT2D eigenvalue weighted by molar-refractivity contribution is -0.155. The van der Waals surface area contributed by atoms with Crippen LogP contribution in [0, 0.1) is 13.8 Å². The number of esters is 1. The summed E-state index contributed by atoms with van der Waals surface area (Å²) in [5, 5.41) is 2.74. The summed E-state index contributed by atoms with van der Waals surface area (Å²) in [7, 11) is 0. The molecule has 1 atom stereocenters. The molecule has 1 N–H and O–H groups in total. The molecule has 0 aromatic carbocycles. The molecule has 0 radical (unpaired) electrons. The van der Waals surface area contributed by atoms with Gasteiger partial charge in [0.15, 0.2) is 11.9 Å². The van der Waals surface area contributed by atoms with Crippen molar-refractivity contribution in [2.24, 2.45) is 0 Å². The molecular formula is C17H25NO4S. The van der Waals surface area contributed by atoms with Crippen molar-refractivity contribution in [3.05, 3.63) is 21.4 Å². The van der Waals surface area contributed by atoms with Crippen LogP contribution < -0.4 is 5.32 Å². The Labute approximate surface area is 141 Å². The van der Waals surface area contributed by atoms with Crippen LogP contribution in [0.25, 0.3) is 0 Å². The van der Waals surface area contributed by atoms with Crippen LogP contribution in [-0.2, 0) is 14.3 Å². The molecule has 0 fully saturated rings. The Bertz CT molecular complexity index is 598. The molecule has 5 nitrogen and oxygen atoms in total. The van der Waals surface area contributed by atoms with Crippen LogP contribution in [0.5, 0.6) is 0 Å². The third kappa shape index (κ3) is 6.52. The predicted octanol–water partition coefficient (Wildman–Crippen LogP) is 3.17. The minimum Gasteiger partial charge on any atom is -0.453 e. The fraction of sp³-hybridized carbons (Fsp3) is 0.588. The van der Waals surface area contributed by atoms with Gasteiger partial charge in [0.2, 0.25) is 0 Å². The van der Waals surface area contributed by atoms with Crippen LogP contribution in [0.15, 0.2) is 6.07 Å². The van der Waals surface area contributed by atoms with Gasteiger partial charge in [0.1, 0.15) is 0 Å². The van der Waals surface area contributed by atoms with Gasteiger partial charge < -0.3 is 10.1 Å². The number of hydrogen-bond donors (Lipinski definition) is 1. The summed E-state index contributed by atoms with van der Waals surface area (Å²) >= 11 is 1.56. The Morgan fingerprint density at radius 2 is 1.83 bits per heavy atom. The number of ketones is 1. The first kappa shape index (κ1) is 19.4. The van der Waals surface area contributed by atoms with Gasteiger partial charge in [-0.1, -0.05) is 0 Å². The van der Waals surface area contributed by atoms with Crippen molar-refractivity contribution in [1.82, 2.24) is 5.32 Å². The maximum absolute atomic E-state index is 12.1. The normalized spacial score (nSPS) is 12.6. The Hall–Kier alpha value is -1.69. The lowest BCUT2D eigenvalue weighted by Crippen LogP contribution is -2.46. The number of Topliss-reactive ketones (excluding diaryl/α,β-unsaturated/α-hetero) is 1. The molecule has 6 heteroatoms. The molecule has 1 rings (SSSR count). The average molecular weight is 339 g/mol. The second kappa shape index (κ2) is 7.73. The molecule has 0 aliphatic heterocycles. The van der Waals surface area contributed by atoms with Crippen molar-refractivity contribution >= 4 is 29.0 Å². The topological polar surface area (TPSA) is 72.5 Å². The van der Waals surface area contributed by atoms with Crippen LogP contribution in [0.3, 0.4) is 0 Å². The zero-order valence-electron chi connectivity index (χ0n) is 14.6. The number of nitrogens with one attached hydrogen (secondary N) is 1. The lowest BCUT2D eigenvalue weighted by Gasteiger charge is -2.23. The smallest absolute Gasteiger partial charge is 0.307 e. The Morgan fingerprint density at radius 3 is 2.30 bits per heavy atom. The van der Waals surface area contributed by atoms with Crippen molar-refractivity contribution in [2.45, 2.75) is 66.0 Å². The van der Waals surface area contributed by atoms with E-state index in [1.54, 1.807) is 11.3 Å². The maximum Gasteiger partial charge on any atom is 0.307 e. The van der Waals surface area contributed by atoms with E-state index in [1.807, 2.05) is 40.7 Å². The second-order valence-electron chi connectivity index (χ2n) is 6.62. The highest BCUT2D eigenvalue weighted by molar-refractivity contribution is 7.12. The molecule has 0 aliphatic carbocycles. The van der Waals surface area contributed by atoms with E-state index >= 15 is 0 Å². The first-order valence-corrected chi connectivity index (χ1v) is 8.43. The second-order valence-corrected chi connectivity index (χ2v) is 8.08. The van der Waals surface area contributed by atoms with Crippen molar-refractivity contribution < 1.29 is 19.1 Å². The lowest BCUT2D eigenvalue weighted by atomic mass is 10.1. The minimum absolute atomic E-state index is 0.0275. The van der Waals surface area contributed by atoms with Gasteiger partial charge in [-0.05, 0) is 47.6 Å². The highest BCUT2D eigenvalue weighted by atomic mass is 32.1. The van der Waals surface area contributed by atoms with Crippen molar-refractivity contribution in [3.63, 3.8) is 0 Å². The third-order valence-corrected chi connectivity index (χ3v) is 4.04. The number of carbonyl (C=O) groups excluding carboxylic acids is 3. The average Bonchev–Trinajstić information content (AvgIpc) is 2.73. The molecule has 1 heterocycles. The molecule has 0 aliphatic rings. The van der Waals surface area contributed by atoms with E-state index in [-0.39, 0.29) is 30.1 Å². The largest absolute Gasteiger partial charge is 0.453 e. The molecule has 23 heavy (non-hydrogen) atoms. The van der Waals surface area contributed by atoms with Crippen molar-refractivity contribution in [1.29, 1.82) is 0 Å². The van der Waals surface area contributed by atoms with E-state index in [0.29, 0.717) is 5.56 Å². The number of ether oxygens (including phenoxy) is 1. The number of rotatable bonds is 6. The van der Waals surface area contributed by atoms with E-state index in [9.17, 15) is 14.4 Å². The van der Waals surface area contributed by atoms with Gasteiger partial charge in [-0.2, -0.15) is 0 Å². The third-order valence-electron chi connectivity index (χ3n) is 3.07. The minimum atomic E-state index is -0.873. The van der Waals surface area contributed by atoms with Crippen LogP contribution in [-0.4, -0.2) is 29.3 Å². The van der Waals surface area contributed by atoms with Crippen molar-refractivity contribution in [2.75, 3.05) is 0 Å². The summed E-state index contributed by atoms with van der Waals surface area (Å²) in [6, 6.07) is 1.84. The molecule has 0 bridgehead atoms. The Balaban J connectivity index is 2.46. The molecule has 0 spiro atoms. The van der Waals surface area contributed by atoms with Crippen LogP contribution in [0.2, 0.25) is 0 Å². The SMILES string of the molecule is Cc1cc(C(=O)CCC(=O)OC(C)C(=O)NC(C)(C)C)c(C)s1. The number of thiophene rings is 1. The molecular weight excluding hydrogens is 314 g/mol. The molecule has 128 valence electrons. The molecule has 1 unspecified atom stereocenters. The summed E-state index contributed by atoms with van der Waals surface area (Å²) in [5.41, 5.74) is 0.279. The van der Waals surface area contributed by atoms with E-state index in [4.69, 9.17) is 4.74 Å². The van der Waals surface area contributed by atoms with Crippen LogP contribution in [0.4, 0.5) is 0 Å². The van der Waals surface area contributed by atoms with Gasteiger partial charge in [0.25, 0.3) is 5.91 Å². The Morgan fingerprint density at radius 1 is 1.22 bits per heavy atom. The molecule has 1 aromatic rings. The first-order chi connectivity index (χ1) is 10.5. The Kier molecular flexibility index (Phi) is 6.50. The van der Waals surface area contributed by atoms with E-state index in [0.717, 1.165) is 9.75 Å².